The average Bonchev–Trinajstić information content (AvgIpc) is 1.82. The van der Waals surface area contributed by atoms with E-state index in [0.717, 1.165) is 0 Å². The maximum absolute atomic E-state index is 11.6. The zero-order chi connectivity index (χ0) is 9.57. The lowest BCUT2D eigenvalue weighted by molar-refractivity contribution is 0.563. The molecule has 0 aromatic carbocycles. The first-order chi connectivity index (χ1) is 5.27. The topological polar surface area (TPSA) is 72.5 Å². The Hall–Kier alpha value is -0.580. The Morgan fingerprint density at radius 1 is 1.58 bits per heavy atom. The molecule has 0 spiro atoms. The molecule has 12 heavy (non-hydrogen) atoms. The van der Waals surface area contributed by atoms with Gasteiger partial charge in [0.05, 0.1) is 11.8 Å². The second-order valence-electron chi connectivity index (χ2n) is 3.66. The van der Waals surface area contributed by atoms with Gasteiger partial charge in [-0.05, 0) is 20.8 Å². The lowest BCUT2D eigenvalue weighted by Crippen LogP contribution is -2.51. The molecule has 1 aliphatic heterocycles. The van der Waals surface area contributed by atoms with Crippen LogP contribution in [0.4, 0.5) is 0 Å². The molecular formula is C7H14N2O2S. The van der Waals surface area contributed by atoms with Crippen molar-refractivity contribution in [3.63, 3.8) is 0 Å². The third-order valence-electron chi connectivity index (χ3n) is 2.21. The van der Waals surface area contributed by atoms with Crippen molar-refractivity contribution in [2.45, 2.75) is 31.6 Å². The molecular weight excluding hydrogens is 176 g/mol. The van der Waals surface area contributed by atoms with Crippen molar-refractivity contribution in [2.24, 2.45) is 10.7 Å². The van der Waals surface area contributed by atoms with Gasteiger partial charge in [-0.15, -0.1) is 0 Å². The number of nitrogens with two attached hydrogens (primary N) is 1. The quantitative estimate of drug-likeness (QED) is 0.581. The lowest BCUT2D eigenvalue weighted by atomic mass is 10.2. The molecule has 0 aromatic rings. The highest BCUT2D eigenvalue weighted by atomic mass is 32.2. The van der Waals surface area contributed by atoms with Crippen LogP contribution >= 0.6 is 0 Å². The van der Waals surface area contributed by atoms with E-state index in [1.807, 2.05) is 0 Å². The van der Waals surface area contributed by atoms with E-state index in [4.69, 9.17) is 5.73 Å². The zero-order valence-electron chi connectivity index (χ0n) is 7.53. The minimum atomic E-state index is -3.12. The fourth-order valence-electron chi connectivity index (χ4n) is 1.12. The van der Waals surface area contributed by atoms with Crippen LogP contribution in [-0.4, -0.2) is 30.8 Å². The summed E-state index contributed by atoms with van der Waals surface area (Å²) in [7, 11) is -3.12. The first kappa shape index (κ1) is 9.51. The van der Waals surface area contributed by atoms with E-state index in [2.05, 4.69) is 4.99 Å². The molecule has 0 aliphatic carbocycles. The Morgan fingerprint density at radius 2 is 2.08 bits per heavy atom. The molecule has 2 N–H and O–H groups in total. The first-order valence-corrected chi connectivity index (χ1v) is 5.48. The third kappa shape index (κ3) is 1.22. The maximum Gasteiger partial charge on any atom is 0.164 e. The summed E-state index contributed by atoms with van der Waals surface area (Å²) in [5.74, 6) is 0.321. The Labute approximate surface area is 72.8 Å². The summed E-state index contributed by atoms with van der Waals surface area (Å²) < 4.78 is 22.1. The van der Waals surface area contributed by atoms with Crippen LogP contribution < -0.4 is 5.73 Å². The second-order valence-corrected chi connectivity index (χ2v) is 6.24. The molecule has 0 radical (unpaired) electrons. The largest absolute Gasteiger partial charge is 0.386 e. The molecule has 1 rings (SSSR count). The molecule has 0 bridgehead atoms. The number of sulfone groups is 1. The molecule has 1 heterocycles. The SMILES string of the molecule is C[C@@H]1CS(=O)(=O)C(C)(C)C(N)=N1. The van der Waals surface area contributed by atoms with Gasteiger partial charge in [0.2, 0.25) is 0 Å². The Bertz CT molecular complexity index is 316. The van der Waals surface area contributed by atoms with Crippen LogP contribution in [0.5, 0.6) is 0 Å². The Morgan fingerprint density at radius 3 is 2.50 bits per heavy atom. The van der Waals surface area contributed by atoms with E-state index < -0.39 is 14.6 Å². The minimum Gasteiger partial charge on any atom is -0.386 e. The molecule has 5 heteroatoms. The molecule has 0 unspecified atom stereocenters. The van der Waals surface area contributed by atoms with Crippen LogP contribution in [-0.2, 0) is 9.84 Å². The van der Waals surface area contributed by atoms with Gasteiger partial charge in [-0.25, -0.2) is 8.42 Å². The number of rotatable bonds is 0. The summed E-state index contributed by atoms with van der Waals surface area (Å²) >= 11 is 0. The van der Waals surface area contributed by atoms with Gasteiger partial charge in [0.25, 0.3) is 0 Å². The highest BCUT2D eigenvalue weighted by Crippen LogP contribution is 2.23. The summed E-state index contributed by atoms with van der Waals surface area (Å²) in [6.07, 6.45) is 0. The summed E-state index contributed by atoms with van der Waals surface area (Å²) in [6, 6.07) is -0.206. The van der Waals surface area contributed by atoms with Gasteiger partial charge in [-0.2, -0.15) is 0 Å². The first-order valence-electron chi connectivity index (χ1n) is 3.83. The van der Waals surface area contributed by atoms with Gasteiger partial charge in [-0.3, -0.25) is 4.99 Å². The molecule has 1 atom stereocenters. The molecule has 0 saturated carbocycles. The van der Waals surface area contributed by atoms with Crippen LogP contribution in [0.15, 0.2) is 4.99 Å². The zero-order valence-corrected chi connectivity index (χ0v) is 8.35. The maximum atomic E-state index is 11.6. The van der Waals surface area contributed by atoms with Crippen LogP contribution in [0, 0.1) is 0 Å². The van der Waals surface area contributed by atoms with Crippen molar-refractivity contribution in [3.8, 4) is 0 Å². The summed E-state index contributed by atoms with van der Waals surface area (Å²) in [6.45, 7) is 4.93. The van der Waals surface area contributed by atoms with Crippen LogP contribution in [0.25, 0.3) is 0 Å². The molecule has 0 aromatic heterocycles. The molecule has 4 nitrogen and oxygen atoms in total. The Kier molecular flexibility index (Phi) is 1.94. The molecule has 0 fully saturated rings. The monoisotopic (exact) mass is 190 g/mol. The standard InChI is InChI=1S/C7H14N2O2S/c1-5-4-12(10,11)7(2,3)6(8)9-5/h5H,4H2,1-3H3,(H2,8,9)/t5-/m1/s1. The van der Waals surface area contributed by atoms with Crippen molar-refractivity contribution < 1.29 is 8.42 Å². The van der Waals surface area contributed by atoms with Crippen LogP contribution in [0.3, 0.4) is 0 Å². The fourth-order valence-corrected chi connectivity index (χ4v) is 2.61. The average molecular weight is 190 g/mol. The van der Waals surface area contributed by atoms with Crippen LogP contribution in [0.2, 0.25) is 0 Å². The van der Waals surface area contributed by atoms with Gasteiger partial charge < -0.3 is 5.73 Å². The van der Waals surface area contributed by atoms with E-state index in [9.17, 15) is 8.42 Å². The molecule has 0 saturated heterocycles. The molecule has 1 aliphatic rings. The van der Waals surface area contributed by atoms with Crippen molar-refractivity contribution in [2.75, 3.05) is 5.75 Å². The van der Waals surface area contributed by atoms with Gasteiger partial charge in [0.15, 0.2) is 9.84 Å². The van der Waals surface area contributed by atoms with Crippen molar-refractivity contribution >= 4 is 15.7 Å². The summed E-state index contributed by atoms with van der Waals surface area (Å²) in [4.78, 5) is 4.05. The van der Waals surface area contributed by atoms with Gasteiger partial charge in [0.1, 0.15) is 10.6 Å². The van der Waals surface area contributed by atoms with Gasteiger partial charge >= 0.3 is 0 Å². The van der Waals surface area contributed by atoms with Gasteiger partial charge in [0, 0.05) is 0 Å². The smallest absolute Gasteiger partial charge is 0.164 e. The predicted octanol–water partition coefficient (Wildman–Crippen LogP) is -0.0609. The van der Waals surface area contributed by atoms with E-state index in [1.165, 1.54) is 0 Å². The van der Waals surface area contributed by atoms with Crippen LogP contribution in [0.1, 0.15) is 20.8 Å². The highest BCUT2D eigenvalue weighted by Gasteiger charge is 2.42. The van der Waals surface area contributed by atoms with E-state index in [1.54, 1.807) is 20.8 Å². The third-order valence-corrected chi connectivity index (χ3v) is 4.90. The number of nitrogens with zero attached hydrogens (tertiary/aromatic N) is 1. The van der Waals surface area contributed by atoms with Crippen molar-refractivity contribution in [1.29, 1.82) is 0 Å². The molecule has 0 amide bonds. The van der Waals surface area contributed by atoms with E-state index >= 15 is 0 Å². The Balaban J connectivity index is 3.25. The van der Waals surface area contributed by atoms with E-state index in [0.29, 0.717) is 0 Å². The highest BCUT2D eigenvalue weighted by molar-refractivity contribution is 7.93. The predicted molar refractivity (Wildman–Crippen MR) is 49.0 cm³/mol. The number of hydrogen-bond donors (Lipinski definition) is 1. The number of amidine groups is 1. The van der Waals surface area contributed by atoms with Gasteiger partial charge in [-0.1, -0.05) is 0 Å². The lowest BCUT2D eigenvalue weighted by Gasteiger charge is -2.30. The number of hydrogen-bond acceptors (Lipinski definition) is 4. The summed E-state index contributed by atoms with van der Waals surface area (Å²) in [5.41, 5.74) is 5.55. The normalized spacial score (nSPS) is 32.6. The van der Waals surface area contributed by atoms with E-state index in [-0.39, 0.29) is 17.6 Å². The fraction of sp³-hybridized carbons (Fsp3) is 0.857. The summed E-state index contributed by atoms with van der Waals surface area (Å²) in [5, 5.41) is 0. The molecule has 70 valence electrons. The van der Waals surface area contributed by atoms with Crippen molar-refractivity contribution in [3.05, 3.63) is 0 Å². The van der Waals surface area contributed by atoms with Crippen molar-refractivity contribution in [1.82, 2.24) is 0 Å². The number of aliphatic imine (C=N–C) groups is 1. The minimum absolute atomic E-state index is 0.0979. The second kappa shape index (κ2) is 2.45.